The zero-order chi connectivity index (χ0) is 14.4. The van der Waals surface area contributed by atoms with Crippen LogP contribution in [0.3, 0.4) is 0 Å². The zero-order valence-electron chi connectivity index (χ0n) is 12.3. The summed E-state index contributed by atoms with van der Waals surface area (Å²) in [6.07, 6.45) is 3.25. The second-order valence-corrected chi connectivity index (χ2v) is 5.35. The van der Waals surface area contributed by atoms with Gasteiger partial charge in [-0.05, 0) is 30.9 Å². The lowest BCUT2D eigenvalue weighted by Gasteiger charge is -2.35. The average molecular weight is 278 g/mol. The van der Waals surface area contributed by atoms with Crippen LogP contribution in [0.1, 0.15) is 37.8 Å². The molecule has 0 spiro atoms. The zero-order valence-corrected chi connectivity index (χ0v) is 12.3. The van der Waals surface area contributed by atoms with E-state index >= 15 is 0 Å². The number of piperidine rings is 1. The third-order valence-corrected chi connectivity index (χ3v) is 4.00. The van der Waals surface area contributed by atoms with Crippen molar-refractivity contribution >= 4 is 5.69 Å². The van der Waals surface area contributed by atoms with Crippen LogP contribution in [0.2, 0.25) is 0 Å². The number of hydrogen-bond acceptors (Lipinski definition) is 4. The third kappa shape index (κ3) is 3.72. The fraction of sp³-hybridized carbons (Fsp3) is 0.625. The number of anilines is 1. The first-order valence-corrected chi connectivity index (χ1v) is 7.58. The monoisotopic (exact) mass is 278 g/mol. The standard InChI is InChI=1S/C16H26N2O2/c1-2-15(17)14-5-3-4-6-16(14)18-9-7-13(8-10-18)20-12-11-19/h3-6,13,15,19H,2,7-12,17H2,1H3. The number of para-hydroxylation sites is 1. The Kier molecular flexibility index (Phi) is 5.83. The maximum Gasteiger partial charge on any atom is 0.0701 e. The number of benzene rings is 1. The number of rotatable bonds is 6. The summed E-state index contributed by atoms with van der Waals surface area (Å²) in [6.45, 7) is 4.65. The minimum absolute atomic E-state index is 0.106. The Morgan fingerprint density at radius 2 is 2.05 bits per heavy atom. The first-order chi connectivity index (χ1) is 9.76. The van der Waals surface area contributed by atoms with E-state index < -0.39 is 0 Å². The molecular weight excluding hydrogens is 252 g/mol. The predicted octanol–water partition coefficient (Wildman–Crippen LogP) is 2.07. The van der Waals surface area contributed by atoms with Crippen LogP contribution < -0.4 is 10.6 Å². The predicted molar refractivity (Wildman–Crippen MR) is 81.9 cm³/mol. The van der Waals surface area contributed by atoms with Crippen molar-refractivity contribution in [3.8, 4) is 0 Å². The number of aliphatic hydroxyl groups excluding tert-OH is 1. The molecule has 0 radical (unpaired) electrons. The molecule has 0 amide bonds. The van der Waals surface area contributed by atoms with Crippen molar-refractivity contribution in [2.45, 2.75) is 38.3 Å². The summed E-state index contributed by atoms with van der Waals surface area (Å²) in [7, 11) is 0. The molecule has 0 bridgehead atoms. The molecule has 0 aliphatic carbocycles. The van der Waals surface area contributed by atoms with Crippen LogP contribution in [0, 0.1) is 0 Å². The second-order valence-electron chi connectivity index (χ2n) is 5.35. The second kappa shape index (κ2) is 7.62. The Bertz CT molecular complexity index is 403. The van der Waals surface area contributed by atoms with Crippen LogP contribution in [-0.2, 0) is 4.74 Å². The lowest BCUT2D eigenvalue weighted by Crippen LogP contribution is -2.38. The summed E-state index contributed by atoms with van der Waals surface area (Å²) in [6, 6.07) is 8.55. The molecule has 1 aromatic rings. The van der Waals surface area contributed by atoms with Crippen molar-refractivity contribution in [1.82, 2.24) is 0 Å². The van der Waals surface area contributed by atoms with Gasteiger partial charge in [-0.25, -0.2) is 0 Å². The van der Waals surface area contributed by atoms with Gasteiger partial charge in [0.2, 0.25) is 0 Å². The van der Waals surface area contributed by atoms with E-state index in [1.54, 1.807) is 0 Å². The highest BCUT2D eigenvalue weighted by Crippen LogP contribution is 2.29. The summed E-state index contributed by atoms with van der Waals surface area (Å²) in [5, 5.41) is 8.80. The number of nitrogens with zero attached hydrogens (tertiary/aromatic N) is 1. The van der Waals surface area contributed by atoms with E-state index in [0.29, 0.717) is 6.61 Å². The van der Waals surface area contributed by atoms with Crippen LogP contribution >= 0.6 is 0 Å². The molecule has 1 aliphatic rings. The van der Waals surface area contributed by atoms with Crippen molar-refractivity contribution in [3.05, 3.63) is 29.8 Å². The Balaban J connectivity index is 2.00. The molecule has 4 nitrogen and oxygen atoms in total. The third-order valence-electron chi connectivity index (χ3n) is 4.00. The van der Waals surface area contributed by atoms with E-state index in [1.165, 1.54) is 11.3 Å². The fourth-order valence-corrected chi connectivity index (χ4v) is 2.79. The van der Waals surface area contributed by atoms with Crippen LogP contribution in [-0.4, -0.2) is 37.5 Å². The molecule has 0 aromatic heterocycles. The summed E-state index contributed by atoms with van der Waals surface area (Å²) in [4.78, 5) is 2.41. The van der Waals surface area contributed by atoms with Crippen LogP contribution in [0.25, 0.3) is 0 Å². The van der Waals surface area contributed by atoms with Crippen LogP contribution in [0.4, 0.5) is 5.69 Å². The molecule has 1 saturated heterocycles. The van der Waals surface area contributed by atoms with Gasteiger partial charge in [-0.3, -0.25) is 0 Å². The number of ether oxygens (including phenoxy) is 1. The molecule has 1 heterocycles. The Labute approximate surface area is 121 Å². The van der Waals surface area contributed by atoms with Crippen molar-refractivity contribution < 1.29 is 9.84 Å². The highest BCUT2D eigenvalue weighted by Gasteiger charge is 2.22. The molecule has 1 aliphatic heterocycles. The van der Waals surface area contributed by atoms with Gasteiger partial charge < -0.3 is 20.5 Å². The number of nitrogens with two attached hydrogens (primary N) is 1. The Morgan fingerprint density at radius 3 is 2.70 bits per heavy atom. The molecular formula is C16H26N2O2. The topological polar surface area (TPSA) is 58.7 Å². The molecule has 4 heteroatoms. The minimum Gasteiger partial charge on any atom is -0.394 e. The largest absolute Gasteiger partial charge is 0.394 e. The first-order valence-electron chi connectivity index (χ1n) is 7.58. The normalized spacial score (nSPS) is 18.2. The van der Waals surface area contributed by atoms with E-state index in [9.17, 15) is 0 Å². The fourth-order valence-electron chi connectivity index (χ4n) is 2.79. The van der Waals surface area contributed by atoms with Gasteiger partial charge in [0.15, 0.2) is 0 Å². The summed E-state index contributed by atoms with van der Waals surface area (Å²) >= 11 is 0. The highest BCUT2D eigenvalue weighted by molar-refractivity contribution is 5.55. The molecule has 112 valence electrons. The van der Waals surface area contributed by atoms with Gasteiger partial charge in [0, 0.05) is 24.8 Å². The van der Waals surface area contributed by atoms with Gasteiger partial charge in [-0.2, -0.15) is 0 Å². The van der Waals surface area contributed by atoms with E-state index in [0.717, 1.165) is 32.4 Å². The van der Waals surface area contributed by atoms with E-state index in [4.69, 9.17) is 15.6 Å². The smallest absolute Gasteiger partial charge is 0.0701 e. The summed E-state index contributed by atoms with van der Waals surface area (Å²) in [5.41, 5.74) is 8.72. The van der Waals surface area contributed by atoms with Gasteiger partial charge >= 0.3 is 0 Å². The molecule has 3 N–H and O–H groups in total. The van der Waals surface area contributed by atoms with E-state index in [1.807, 2.05) is 0 Å². The van der Waals surface area contributed by atoms with Gasteiger partial charge in [-0.1, -0.05) is 25.1 Å². The van der Waals surface area contributed by atoms with Crippen molar-refractivity contribution in [1.29, 1.82) is 0 Å². The molecule has 2 rings (SSSR count). The van der Waals surface area contributed by atoms with Crippen molar-refractivity contribution in [2.24, 2.45) is 5.73 Å². The van der Waals surface area contributed by atoms with Crippen molar-refractivity contribution in [2.75, 3.05) is 31.2 Å². The summed E-state index contributed by atoms with van der Waals surface area (Å²) in [5.74, 6) is 0. The van der Waals surface area contributed by atoms with Gasteiger partial charge in [-0.15, -0.1) is 0 Å². The van der Waals surface area contributed by atoms with Crippen LogP contribution in [0.15, 0.2) is 24.3 Å². The SMILES string of the molecule is CCC(N)c1ccccc1N1CCC(OCCO)CC1. The van der Waals surface area contributed by atoms with E-state index in [-0.39, 0.29) is 18.8 Å². The average Bonchev–Trinajstić information content (AvgIpc) is 2.52. The molecule has 1 aromatic carbocycles. The molecule has 1 atom stereocenters. The van der Waals surface area contributed by atoms with Gasteiger partial charge in [0.05, 0.1) is 19.3 Å². The van der Waals surface area contributed by atoms with E-state index in [2.05, 4.69) is 36.1 Å². The lowest BCUT2D eigenvalue weighted by molar-refractivity contribution is 0.0159. The molecule has 0 saturated carbocycles. The number of hydrogen-bond donors (Lipinski definition) is 2. The molecule has 1 unspecified atom stereocenters. The quantitative estimate of drug-likeness (QED) is 0.836. The Morgan fingerprint density at radius 1 is 1.35 bits per heavy atom. The maximum absolute atomic E-state index is 8.80. The van der Waals surface area contributed by atoms with Gasteiger partial charge in [0.1, 0.15) is 0 Å². The number of aliphatic hydroxyl groups is 1. The molecule has 1 fully saturated rings. The minimum atomic E-state index is 0.106. The maximum atomic E-state index is 8.80. The van der Waals surface area contributed by atoms with Gasteiger partial charge in [0.25, 0.3) is 0 Å². The Hall–Kier alpha value is -1.10. The van der Waals surface area contributed by atoms with Crippen molar-refractivity contribution in [3.63, 3.8) is 0 Å². The highest BCUT2D eigenvalue weighted by atomic mass is 16.5. The first kappa shape index (κ1) is 15.3. The lowest BCUT2D eigenvalue weighted by atomic mass is 10.00. The summed E-state index contributed by atoms with van der Waals surface area (Å²) < 4.78 is 5.61. The van der Waals surface area contributed by atoms with Crippen LogP contribution in [0.5, 0.6) is 0 Å². The molecule has 20 heavy (non-hydrogen) atoms.